The Bertz CT molecular complexity index is 2220. The number of allylic oxidation sites excluding steroid dienone is 8. The summed E-state index contributed by atoms with van der Waals surface area (Å²) in [5.41, 5.74) is 0.545. The van der Waals surface area contributed by atoms with Gasteiger partial charge in [-0.25, -0.2) is 0 Å². The minimum absolute atomic E-state index is 0.00995. The first kappa shape index (κ1) is 28.4. The van der Waals surface area contributed by atoms with Crippen molar-refractivity contribution in [1.29, 1.82) is 36.8 Å². The number of rotatable bonds is 2. The highest BCUT2D eigenvalue weighted by atomic mass is 19.4. The SMILES string of the molecule is N#CC(C#N)=C1C(c2ccc(C#N)cc2)=C(C#N)c2cc3c(cc21)C(=C(C#N)C#N)C(c1ccc(C(F)(F)F)cc1)=C3C#N. The molecule has 0 saturated carbocycles. The zero-order valence-electron chi connectivity index (χ0n) is 22.0. The Morgan fingerprint density at radius 3 is 1.23 bits per heavy atom. The lowest BCUT2D eigenvalue weighted by atomic mass is 9.89. The van der Waals surface area contributed by atoms with Crippen molar-refractivity contribution in [3.8, 4) is 42.5 Å². The summed E-state index contributed by atoms with van der Waals surface area (Å²) in [6, 6.07) is 26.5. The monoisotopic (exact) mass is 573 g/mol. The molecule has 0 aliphatic heterocycles. The molecule has 0 aromatic heterocycles. The van der Waals surface area contributed by atoms with Crippen molar-refractivity contribution in [2.75, 3.05) is 0 Å². The number of alkyl halides is 3. The van der Waals surface area contributed by atoms with Crippen LogP contribution in [0.3, 0.4) is 0 Å². The van der Waals surface area contributed by atoms with E-state index in [-0.39, 0.29) is 66.8 Å². The van der Waals surface area contributed by atoms with E-state index < -0.39 is 17.3 Å². The van der Waals surface area contributed by atoms with Crippen LogP contribution in [0.1, 0.15) is 44.5 Å². The second-order valence-electron chi connectivity index (χ2n) is 9.38. The fourth-order valence-corrected chi connectivity index (χ4v) is 5.36. The summed E-state index contributed by atoms with van der Waals surface area (Å²) in [5.74, 6) is 0. The molecule has 3 aromatic carbocycles. The van der Waals surface area contributed by atoms with Crippen LogP contribution < -0.4 is 0 Å². The number of nitriles is 7. The van der Waals surface area contributed by atoms with E-state index in [0.29, 0.717) is 11.1 Å². The fourth-order valence-electron chi connectivity index (χ4n) is 5.36. The Hall–Kier alpha value is -7.16. The van der Waals surface area contributed by atoms with Gasteiger partial charge >= 0.3 is 6.18 Å². The lowest BCUT2D eigenvalue weighted by Crippen LogP contribution is -2.04. The van der Waals surface area contributed by atoms with Crippen molar-refractivity contribution in [3.05, 3.63) is 116 Å². The van der Waals surface area contributed by atoms with E-state index in [1.54, 1.807) is 24.3 Å². The molecule has 202 valence electrons. The largest absolute Gasteiger partial charge is 0.416 e. The molecular formula is C34H10F3N7. The van der Waals surface area contributed by atoms with Crippen LogP contribution in [-0.2, 0) is 6.18 Å². The van der Waals surface area contributed by atoms with Gasteiger partial charge in [-0.05, 0) is 58.7 Å². The predicted molar refractivity (Wildman–Crippen MR) is 150 cm³/mol. The normalized spacial score (nSPS) is 12.9. The molecule has 0 bridgehead atoms. The molecule has 3 aromatic rings. The van der Waals surface area contributed by atoms with E-state index in [1.807, 2.05) is 24.3 Å². The molecule has 0 N–H and O–H groups in total. The summed E-state index contributed by atoms with van der Waals surface area (Å²) in [7, 11) is 0. The summed E-state index contributed by atoms with van der Waals surface area (Å²) in [6.07, 6.45) is -4.62. The number of hydrogen-bond acceptors (Lipinski definition) is 7. The van der Waals surface area contributed by atoms with Crippen LogP contribution in [0.2, 0.25) is 0 Å². The van der Waals surface area contributed by atoms with Gasteiger partial charge in [0, 0.05) is 33.4 Å². The number of nitrogens with zero attached hydrogens (tertiary/aromatic N) is 7. The molecular weight excluding hydrogens is 563 g/mol. The second-order valence-corrected chi connectivity index (χ2v) is 9.38. The second kappa shape index (κ2) is 10.7. The first-order valence-corrected chi connectivity index (χ1v) is 12.4. The zero-order chi connectivity index (χ0) is 31.8. The van der Waals surface area contributed by atoms with E-state index in [4.69, 9.17) is 0 Å². The van der Waals surface area contributed by atoms with Gasteiger partial charge < -0.3 is 0 Å². The minimum Gasteiger partial charge on any atom is -0.192 e. The molecule has 2 aliphatic rings. The Balaban J connectivity index is 1.88. The molecule has 0 spiro atoms. The van der Waals surface area contributed by atoms with Crippen molar-refractivity contribution in [1.82, 2.24) is 0 Å². The zero-order valence-corrected chi connectivity index (χ0v) is 22.0. The molecule has 0 fully saturated rings. The maximum Gasteiger partial charge on any atom is 0.416 e. The van der Waals surface area contributed by atoms with Gasteiger partial charge in [0.2, 0.25) is 0 Å². The molecule has 0 heterocycles. The molecule has 0 amide bonds. The highest BCUT2D eigenvalue weighted by molar-refractivity contribution is 6.29. The minimum atomic E-state index is -4.62. The Morgan fingerprint density at radius 1 is 0.500 bits per heavy atom. The topological polar surface area (TPSA) is 167 Å². The third-order valence-electron chi connectivity index (χ3n) is 7.21. The van der Waals surface area contributed by atoms with Crippen LogP contribution in [0.15, 0.2) is 71.8 Å². The number of halogens is 3. The highest BCUT2D eigenvalue weighted by Gasteiger charge is 2.37. The van der Waals surface area contributed by atoms with Crippen molar-refractivity contribution in [2.24, 2.45) is 0 Å². The summed E-state index contributed by atoms with van der Waals surface area (Å²) >= 11 is 0. The molecule has 5 rings (SSSR count). The van der Waals surface area contributed by atoms with E-state index in [2.05, 4.69) is 6.07 Å². The third-order valence-corrected chi connectivity index (χ3v) is 7.21. The van der Waals surface area contributed by atoms with Crippen molar-refractivity contribution in [2.45, 2.75) is 6.18 Å². The summed E-state index contributed by atoms with van der Waals surface area (Å²) in [5, 5.41) is 69.2. The average Bonchev–Trinajstić information content (AvgIpc) is 3.53. The van der Waals surface area contributed by atoms with Crippen LogP contribution in [0, 0.1) is 79.3 Å². The Kier molecular flexibility index (Phi) is 6.88. The van der Waals surface area contributed by atoms with Gasteiger partial charge in [0.05, 0.1) is 28.3 Å². The van der Waals surface area contributed by atoms with Crippen LogP contribution in [0.25, 0.3) is 33.4 Å². The quantitative estimate of drug-likeness (QED) is 0.295. The maximum atomic E-state index is 13.3. The molecule has 44 heavy (non-hydrogen) atoms. The van der Waals surface area contributed by atoms with E-state index in [9.17, 15) is 50.0 Å². The Morgan fingerprint density at radius 2 is 0.886 bits per heavy atom. The van der Waals surface area contributed by atoms with Gasteiger partial charge in [-0.15, -0.1) is 0 Å². The molecule has 0 unspecified atom stereocenters. The lowest BCUT2D eigenvalue weighted by molar-refractivity contribution is -0.137. The number of benzene rings is 3. The van der Waals surface area contributed by atoms with Crippen LogP contribution in [0.5, 0.6) is 0 Å². The average molecular weight is 573 g/mol. The van der Waals surface area contributed by atoms with Gasteiger partial charge in [0.25, 0.3) is 0 Å². The van der Waals surface area contributed by atoms with Gasteiger partial charge in [-0.3, -0.25) is 0 Å². The molecule has 0 atom stereocenters. The molecule has 10 heteroatoms. The van der Waals surface area contributed by atoms with Gasteiger partial charge in [0.1, 0.15) is 47.6 Å². The van der Waals surface area contributed by atoms with Gasteiger partial charge in [-0.1, -0.05) is 24.3 Å². The molecule has 0 saturated heterocycles. The number of hydrogen-bond donors (Lipinski definition) is 0. The van der Waals surface area contributed by atoms with Crippen molar-refractivity contribution < 1.29 is 13.2 Å². The summed E-state index contributed by atoms with van der Waals surface area (Å²) < 4.78 is 39.8. The van der Waals surface area contributed by atoms with Gasteiger partial charge in [-0.2, -0.15) is 50.0 Å². The number of fused-ring (bicyclic) bond motifs is 2. The maximum absolute atomic E-state index is 13.3. The molecule has 7 nitrogen and oxygen atoms in total. The highest BCUT2D eigenvalue weighted by Crippen LogP contribution is 2.54. The lowest BCUT2D eigenvalue weighted by Gasteiger charge is -2.12. The smallest absolute Gasteiger partial charge is 0.192 e. The first-order valence-electron chi connectivity index (χ1n) is 12.4. The Labute approximate surface area is 248 Å². The van der Waals surface area contributed by atoms with Crippen LogP contribution >= 0.6 is 0 Å². The van der Waals surface area contributed by atoms with Crippen LogP contribution in [0.4, 0.5) is 13.2 Å². The third kappa shape index (κ3) is 4.25. The fraction of sp³-hybridized carbons (Fsp3) is 0.0294. The first-order chi connectivity index (χ1) is 21.2. The van der Waals surface area contributed by atoms with E-state index >= 15 is 0 Å². The van der Waals surface area contributed by atoms with Crippen molar-refractivity contribution >= 4 is 33.4 Å². The van der Waals surface area contributed by atoms with E-state index in [0.717, 1.165) is 24.3 Å². The standard InChI is InChI=1S/C34H10F3N7/c35-34(36,37)23-7-5-20(6-8-23)31-29(17-44)25-9-24-26(10-27(25)33(31)22(14-41)15-42)32(21(12-39)13-40)30(28(24)16-43)19-3-1-18(11-38)2-4-19/h1-10H. The molecule has 2 aliphatic carbocycles. The predicted octanol–water partition coefficient (Wildman–Crippen LogP) is 7.07. The van der Waals surface area contributed by atoms with Crippen LogP contribution in [-0.4, -0.2) is 0 Å². The summed E-state index contributed by atoms with van der Waals surface area (Å²) in [6.45, 7) is 0. The summed E-state index contributed by atoms with van der Waals surface area (Å²) in [4.78, 5) is 0. The van der Waals surface area contributed by atoms with Gasteiger partial charge in [0.15, 0.2) is 0 Å². The molecule has 0 radical (unpaired) electrons. The van der Waals surface area contributed by atoms with Crippen molar-refractivity contribution in [3.63, 3.8) is 0 Å². The van der Waals surface area contributed by atoms with E-state index in [1.165, 1.54) is 24.3 Å².